The van der Waals surface area contributed by atoms with E-state index in [1.165, 1.54) is 11.8 Å². The van der Waals surface area contributed by atoms with Crippen LogP contribution in [0.2, 0.25) is 0 Å². The smallest absolute Gasteiger partial charge is 0.353 e. The zero-order valence-electron chi connectivity index (χ0n) is 22.1. The second-order valence-electron chi connectivity index (χ2n) is 10.8. The van der Waals surface area contributed by atoms with E-state index in [1.807, 2.05) is 17.9 Å². The minimum Gasteiger partial charge on any atom is -0.368 e. The topological polar surface area (TPSA) is 79.4 Å². The van der Waals surface area contributed by atoms with Crippen molar-refractivity contribution in [2.75, 3.05) is 44.2 Å². The largest absolute Gasteiger partial charge is 0.368 e. The molecule has 0 radical (unpaired) electrons. The summed E-state index contributed by atoms with van der Waals surface area (Å²) in [7, 11) is -2.74. The molecule has 1 unspecified atom stereocenters. The highest BCUT2D eigenvalue weighted by Crippen LogP contribution is 2.74. The van der Waals surface area contributed by atoms with Crippen molar-refractivity contribution >= 4 is 55.5 Å². The predicted molar refractivity (Wildman–Crippen MR) is 151 cm³/mol. The van der Waals surface area contributed by atoms with Crippen LogP contribution in [0.25, 0.3) is 10.1 Å². The zero-order chi connectivity index (χ0) is 27.2. The number of fused-ring (bicyclic) bond motifs is 2. The number of benzene rings is 1. The highest BCUT2D eigenvalue weighted by molar-refractivity contribution is 8.29. The maximum Gasteiger partial charge on any atom is 0.353 e. The van der Waals surface area contributed by atoms with Crippen molar-refractivity contribution in [1.29, 1.82) is 0 Å². The van der Waals surface area contributed by atoms with Gasteiger partial charge in [-0.3, -0.25) is 9.69 Å². The number of rotatable bonds is 6. The molecule has 6 rings (SSSR count). The highest BCUT2D eigenvalue weighted by Gasteiger charge is 2.67. The number of anilines is 1. The van der Waals surface area contributed by atoms with Gasteiger partial charge in [0.1, 0.15) is 11.2 Å². The maximum absolute atomic E-state index is 13.8. The molecule has 1 amide bonds. The van der Waals surface area contributed by atoms with Crippen LogP contribution in [0.1, 0.15) is 45.4 Å². The lowest BCUT2D eigenvalue weighted by Crippen LogP contribution is -2.46. The van der Waals surface area contributed by atoms with Gasteiger partial charge in [0, 0.05) is 60.3 Å². The lowest BCUT2D eigenvalue weighted by molar-refractivity contribution is -0.132. The van der Waals surface area contributed by atoms with Gasteiger partial charge in [0.25, 0.3) is 5.91 Å². The van der Waals surface area contributed by atoms with E-state index in [1.54, 1.807) is 17.4 Å². The Labute approximate surface area is 233 Å². The van der Waals surface area contributed by atoms with Crippen molar-refractivity contribution in [3.63, 3.8) is 0 Å². The first-order valence-corrected chi connectivity index (χ1v) is 16.2. The summed E-state index contributed by atoms with van der Waals surface area (Å²) >= 11 is 1.58. The van der Waals surface area contributed by atoms with Crippen molar-refractivity contribution in [2.45, 2.75) is 55.6 Å². The monoisotopic (exact) mass is 575 g/mol. The molecule has 0 bridgehead atoms. The minimum atomic E-state index is -2.74. The van der Waals surface area contributed by atoms with Crippen LogP contribution >= 0.6 is 21.9 Å². The van der Waals surface area contributed by atoms with E-state index in [0.717, 1.165) is 80.6 Å². The SMILES string of the molecule is CC1N(CCCCN2CCN(c3csc4cc(F)ccc34)CC2)C(=O)C2(CCCC2)S12OC(=O)C=CC(=O)O2. The summed E-state index contributed by atoms with van der Waals surface area (Å²) in [6, 6.07) is 5.00. The first-order chi connectivity index (χ1) is 18.8. The van der Waals surface area contributed by atoms with Crippen LogP contribution in [0.5, 0.6) is 0 Å². The maximum atomic E-state index is 13.8. The van der Waals surface area contributed by atoms with Crippen LogP contribution in [0.4, 0.5) is 10.1 Å². The molecule has 2 spiro atoms. The number of amides is 1. The molecule has 2 aromatic rings. The average Bonchev–Trinajstić information content (AvgIpc) is 3.59. The van der Waals surface area contributed by atoms with E-state index in [0.29, 0.717) is 19.4 Å². The first-order valence-electron chi connectivity index (χ1n) is 13.7. The number of hydrogen-bond acceptors (Lipinski definition) is 8. The van der Waals surface area contributed by atoms with Crippen LogP contribution in [0, 0.1) is 5.82 Å². The molecule has 1 aromatic heterocycles. The van der Waals surface area contributed by atoms with E-state index >= 15 is 0 Å². The third-order valence-electron chi connectivity index (χ3n) is 8.62. The molecule has 4 heterocycles. The van der Waals surface area contributed by atoms with Crippen LogP contribution in [-0.4, -0.2) is 77.0 Å². The van der Waals surface area contributed by atoms with Crippen molar-refractivity contribution in [1.82, 2.24) is 9.80 Å². The van der Waals surface area contributed by atoms with Crippen molar-refractivity contribution in [2.24, 2.45) is 0 Å². The van der Waals surface area contributed by atoms with Gasteiger partial charge in [-0.1, -0.05) is 23.4 Å². The number of carbonyl (C=O) groups excluding carboxylic acids is 3. The van der Waals surface area contributed by atoms with Crippen molar-refractivity contribution in [3.8, 4) is 0 Å². The summed E-state index contributed by atoms with van der Waals surface area (Å²) in [4.78, 5) is 45.3. The molecular weight excluding hydrogens is 541 g/mol. The van der Waals surface area contributed by atoms with E-state index in [2.05, 4.69) is 15.2 Å². The Morgan fingerprint density at radius 2 is 1.67 bits per heavy atom. The van der Waals surface area contributed by atoms with E-state index in [9.17, 15) is 18.8 Å². The Kier molecular flexibility index (Phi) is 7.09. The van der Waals surface area contributed by atoms with Gasteiger partial charge in [-0.25, -0.2) is 14.0 Å². The van der Waals surface area contributed by atoms with Crippen molar-refractivity contribution < 1.29 is 27.1 Å². The van der Waals surface area contributed by atoms with E-state index < -0.39 is 32.6 Å². The van der Waals surface area contributed by atoms with Gasteiger partial charge in [0.05, 0.1) is 5.69 Å². The predicted octanol–water partition coefficient (Wildman–Crippen LogP) is 4.73. The Morgan fingerprint density at radius 3 is 2.36 bits per heavy atom. The molecule has 210 valence electrons. The second kappa shape index (κ2) is 10.4. The van der Waals surface area contributed by atoms with Crippen molar-refractivity contribution in [3.05, 3.63) is 41.5 Å². The minimum absolute atomic E-state index is 0.0264. The Hall–Kier alpha value is -2.63. The molecule has 1 aliphatic carbocycles. The number of hydrogen-bond donors (Lipinski definition) is 0. The van der Waals surface area contributed by atoms with Gasteiger partial charge in [0.15, 0.2) is 4.75 Å². The van der Waals surface area contributed by atoms with Gasteiger partial charge >= 0.3 is 11.9 Å². The van der Waals surface area contributed by atoms with Gasteiger partial charge in [-0.2, -0.15) is 0 Å². The number of thiophene rings is 1. The highest BCUT2D eigenvalue weighted by atomic mass is 32.3. The lowest BCUT2D eigenvalue weighted by atomic mass is 10.1. The van der Waals surface area contributed by atoms with Crippen LogP contribution in [0.3, 0.4) is 0 Å². The molecule has 1 aromatic carbocycles. The fraction of sp³-hybridized carbons (Fsp3) is 0.536. The fourth-order valence-corrected chi connectivity index (χ4v) is 11.2. The van der Waals surface area contributed by atoms with Gasteiger partial charge in [-0.15, -0.1) is 11.3 Å². The summed E-state index contributed by atoms with van der Waals surface area (Å²) in [5, 5.41) is 2.77. The average molecular weight is 576 g/mol. The zero-order valence-corrected chi connectivity index (χ0v) is 23.7. The van der Waals surface area contributed by atoms with Gasteiger partial charge in [-0.05, 0) is 57.4 Å². The molecule has 1 saturated carbocycles. The van der Waals surface area contributed by atoms with Crippen LogP contribution in [-0.2, 0) is 22.7 Å². The fourth-order valence-electron chi connectivity index (χ4n) is 6.58. The summed E-state index contributed by atoms with van der Waals surface area (Å²) in [6.45, 7) is 7.11. The second-order valence-corrected chi connectivity index (χ2v) is 14.6. The summed E-state index contributed by atoms with van der Waals surface area (Å²) in [6.07, 6.45) is 6.85. The summed E-state index contributed by atoms with van der Waals surface area (Å²) in [5.74, 6) is -1.44. The molecule has 2 saturated heterocycles. The number of nitrogens with zero attached hydrogens (tertiary/aromatic N) is 3. The quantitative estimate of drug-likeness (QED) is 0.461. The van der Waals surface area contributed by atoms with E-state index in [4.69, 9.17) is 8.37 Å². The molecule has 4 aliphatic rings. The molecule has 39 heavy (non-hydrogen) atoms. The number of halogens is 1. The molecule has 3 fully saturated rings. The molecule has 8 nitrogen and oxygen atoms in total. The number of piperazine rings is 1. The lowest BCUT2D eigenvalue weighted by Gasteiger charge is -2.48. The molecule has 3 aliphatic heterocycles. The Bertz CT molecular complexity index is 1300. The third kappa shape index (κ3) is 4.52. The Balaban J connectivity index is 1.04. The third-order valence-corrected chi connectivity index (χ3v) is 13.2. The first kappa shape index (κ1) is 26.6. The van der Waals surface area contributed by atoms with Gasteiger partial charge in [0.2, 0.25) is 0 Å². The van der Waals surface area contributed by atoms with Crippen LogP contribution < -0.4 is 4.90 Å². The molecule has 1 atom stereocenters. The number of unbranched alkanes of at least 4 members (excludes halogenated alkanes) is 1. The Morgan fingerprint density at radius 1 is 1.00 bits per heavy atom. The van der Waals surface area contributed by atoms with Gasteiger partial charge < -0.3 is 18.2 Å². The molecule has 0 N–H and O–H groups in total. The van der Waals surface area contributed by atoms with E-state index in [-0.39, 0.29) is 11.7 Å². The standard InChI is InChI=1S/C28H34FN3O5S2/c1-20-32(27(35)28(10-2-3-11-28)39(20)36-25(33)8-9-26(34)37-39)13-5-4-12-30-14-16-31(17-15-30)23-19-38-24-18-21(29)6-7-22(23)24/h6-9,18-20H,2-5,10-17H2,1H3. The van der Waals surface area contributed by atoms with Crippen LogP contribution in [0.15, 0.2) is 35.7 Å². The summed E-state index contributed by atoms with van der Waals surface area (Å²) in [5.41, 5.74) is 1.18. The molecular formula is C28H34FN3O5S2. The summed E-state index contributed by atoms with van der Waals surface area (Å²) < 4.78 is 25.4. The molecule has 11 heteroatoms. The number of carbonyl (C=O) groups is 3. The normalized spacial score (nSPS) is 25.5.